The van der Waals surface area contributed by atoms with E-state index in [1.54, 1.807) is 13.3 Å². The van der Waals surface area contributed by atoms with Crippen molar-refractivity contribution in [2.75, 3.05) is 5.73 Å². The number of aliphatic carboxylic acids is 1. The Balaban J connectivity index is 1.90. The summed E-state index contributed by atoms with van der Waals surface area (Å²) in [6.45, 7) is 1.80. The van der Waals surface area contributed by atoms with Crippen LogP contribution in [0, 0.1) is 12.8 Å². The van der Waals surface area contributed by atoms with E-state index in [4.69, 9.17) is 10.8 Å². The highest BCUT2D eigenvalue weighted by molar-refractivity contribution is 5.81. The molecular weight excluding hydrogens is 258 g/mol. The zero-order chi connectivity index (χ0) is 14.3. The minimum atomic E-state index is -0.693. The first-order chi connectivity index (χ1) is 9.56. The third-order valence-corrected chi connectivity index (χ3v) is 4.00. The summed E-state index contributed by atoms with van der Waals surface area (Å²) in [6, 6.07) is 0.240. The first kappa shape index (κ1) is 12.8. The van der Waals surface area contributed by atoms with Gasteiger partial charge < -0.3 is 15.4 Å². The maximum absolute atomic E-state index is 11.0. The fourth-order valence-corrected chi connectivity index (χ4v) is 2.92. The Morgan fingerprint density at radius 3 is 2.70 bits per heavy atom. The third-order valence-electron chi connectivity index (χ3n) is 4.00. The van der Waals surface area contributed by atoms with Crippen LogP contribution in [0.4, 0.5) is 5.82 Å². The summed E-state index contributed by atoms with van der Waals surface area (Å²) in [5, 5.41) is 9.04. The van der Waals surface area contributed by atoms with Gasteiger partial charge in [0.25, 0.3) is 0 Å². The highest BCUT2D eigenvalue weighted by atomic mass is 16.4. The summed E-state index contributed by atoms with van der Waals surface area (Å²) in [5.41, 5.74) is 7.22. The van der Waals surface area contributed by atoms with E-state index in [1.807, 2.05) is 4.57 Å². The van der Waals surface area contributed by atoms with Gasteiger partial charge in [-0.15, -0.1) is 0 Å². The lowest BCUT2D eigenvalue weighted by atomic mass is 9.86. The van der Waals surface area contributed by atoms with Gasteiger partial charge in [-0.05, 0) is 32.6 Å². The smallest absolute Gasteiger partial charge is 0.306 e. The van der Waals surface area contributed by atoms with Crippen LogP contribution in [-0.2, 0) is 4.79 Å². The number of carboxylic acids is 1. The number of nitrogen functional groups attached to an aromatic ring is 1. The highest BCUT2D eigenvalue weighted by Crippen LogP contribution is 2.34. The van der Waals surface area contributed by atoms with E-state index < -0.39 is 5.97 Å². The predicted molar refractivity (Wildman–Crippen MR) is 73.1 cm³/mol. The van der Waals surface area contributed by atoms with Crippen molar-refractivity contribution in [3.63, 3.8) is 0 Å². The molecule has 2 aromatic rings. The molecule has 1 saturated carbocycles. The number of anilines is 1. The summed E-state index contributed by atoms with van der Waals surface area (Å²) >= 11 is 0. The number of aromatic nitrogens is 4. The molecule has 0 bridgehead atoms. The van der Waals surface area contributed by atoms with Crippen molar-refractivity contribution in [1.29, 1.82) is 0 Å². The van der Waals surface area contributed by atoms with Gasteiger partial charge >= 0.3 is 5.97 Å². The van der Waals surface area contributed by atoms with E-state index in [0.29, 0.717) is 30.0 Å². The van der Waals surface area contributed by atoms with Gasteiger partial charge in [0.05, 0.1) is 12.2 Å². The van der Waals surface area contributed by atoms with Crippen LogP contribution >= 0.6 is 0 Å². The van der Waals surface area contributed by atoms with Gasteiger partial charge in [-0.2, -0.15) is 0 Å². The van der Waals surface area contributed by atoms with Gasteiger partial charge in [-0.25, -0.2) is 15.0 Å². The average Bonchev–Trinajstić information content (AvgIpc) is 2.82. The first-order valence-electron chi connectivity index (χ1n) is 6.75. The van der Waals surface area contributed by atoms with Crippen LogP contribution < -0.4 is 5.73 Å². The second-order valence-electron chi connectivity index (χ2n) is 5.32. The average molecular weight is 275 g/mol. The largest absolute Gasteiger partial charge is 0.481 e. The summed E-state index contributed by atoms with van der Waals surface area (Å²) in [7, 11) is 0. The molecule has 1 fully saturated rings. The molecule has 7 heteroatoms. The van der Waals surface area contributed by atoms with Crippen molar-refractivity contribution < 1.29 is 9.90 Å². The molecular formula is C13H17N5O2. The quantitative estimate of drug-likeness (QED) is 0.860. The molecule has 1 aliphatic rings. The minimum absolute atomic E-state index is 0.220. The number of fused-ring (bicyclic) bond motifs is 1. The lowest BCUT2D eigenvalue weighted by Crippen LogP contribution is -2.23. The molecule has 2 heterocycles. The lowest BCUT2D eigenvalue weighted by Gasteiger charge is -2.27. The summed E-state index contributed by atoms with van der Waals surface area (Å²) in [5.74, 6) is 0.102. The van der Waals surface area contributed by atoms with E-state index in [9.17, 15) is 4.79 Å². The number of nitrogens with two attached hydrogens (primary N) is 1. The standard InChI is InChI=1S/C13H17N5O2/c1-7-16-11(14)10-12(17-7)18(6-15-10)9-4-2-8(3-5-9)13(19)20/h6,8-9H,2-5H2,1H3,(H,19,20)(H2,14,16,17)/t8-,9+. The molecule has 0 atom stereocenters. The summed E-state index contributed by atoms with van der Waals surface area (Å²) < 4.78 is 2.01. The Labute approximate surface area is 115 Å². The van der Waals surface area contributed by atoms with Crippen molar-refractivity contribution >= 4 is 23.0 Å². The Morgan fingerprint density at radius 2 is 2.05 bits per heavy atom. The number of nitrogens with zero attached hydrogens (tertiary/aromatic N) is 4. The Bertz CT molecular complexity index is 658. The van der Waals surface area contributed by atoms with Gasteiger partial charge in [0, 0.05) is 6.04 Å². The fourth-order valence-electron chi connectivity index (χ4n) is 2.92. The zero-order valence-corrected chi connectivity index (χ0v) is 11.3. The summed E-state index contributed by atoms with van der Waals surface area (Å²) in [6.07, 6.45) is 4.77. The molecule has 0 radical (unpaired) electrons. The Hall–Kier alpha value is -2.18. The molecule has 3 rings (SSSR count). The van der Waals surface area contributed by atoms with Crippen LogP contribution in [0.1, 0.15) is 37.5 Å². The van der Waals surface area contributed by atoms with Gasteiger partial charge in [0.1, 0.15) is 11.3 Å². The van der Waals surface area contributed by atoms with Crippen LogP contribution in [0.3, 0.4) is 0 Å². The van der Waals surface area contributed by atoms with Crippen molar-refractivity contribution in [3.05, 3.63) is 12.2 Å². The van der Waals surface area contributed by atoms with Crippen LogP contribution in [0.25, 0.3) is 11.2 Å². The normalized spacial score (nSPS) is 23.1. The van der Waals surface area contributed by atoms with Crippen LogP contribution in [-0.4, -0.2) is 30.6 Å². The van der Waals surface area contributed by atoms with Crippen molar-refractivity contribution in [2.24, 2.45) is 5.92 Å². The topological polar surface area (TPSA) is 107 Å². The molecule has 20 heavy (non-hydrogen) atoms. The predicted octanol–water partition coefficient (Wildman–Crippen LogP) is 1.53. The number of rotatable bonds is 2. The van der Waals surface area contributed by atoms with Crippen LogP contribution in [0.15, 0.2) is 6.33 Å². The second kappa shape index (κ2) is 4.73. The number of imidazole rings is 1. The maximum atomic E-state index is 11.0. The molecule has 1 aliphatic carbocycles. The van der Waals surface area contributed by atoms with E-state index in [0.717, 1.165) is 18.5 Å². The third kappa shape index (κ3) is 2.09. The number of aryl methyl sites for hydroxylation is 1. The highest BCUT2D eigenvalue weighted by Gasteiger charge is 2.28. The van der Waals surface area contributed by atoms with Gasteiger partial charge in [0.15, 0.2) is 11.5 Å². The van der Waals surface area contributed by atoms with Crippen molar-refractivity contribution in [3.8, 4) is 0 Å². The van der Waals surface area contributed by atoms with E-state index >= 15 is 0 Å². The van der Waals surface area contributed by atoms with Crippen molar-refractivity contribution in [1.82, 2.24) is 19.5 Å². The van der Waals surface area contributed by atoms with Gasteiger partial charge in [-0.3, -0.25) is 4.79 Å². The number of carboxylic acid groups (broad SMARTS) is 1. The lowest BCUT2D eigenvalue weighted by molar-refractivity contribution is -0.143. The van der Waals surface area contributed by atoms with Crippen LogP contribution in [0.5, 0.6) is 0 Å². The molecule has 0 aliphatic heterocycles. The number of hydrogen-bond acceptors (Lipinski definition) is 5. The molecule has 0 spiro atoms. The fraction of sp³-hybridized carbons (Fsp3) is 0.538. The molecule has 3 N–H and O–H groups in total. The van der Waals surface area contributed by atoms with E-state index in [-0.39, 0.29) is 12.0 Å². The van der Waals surface area contributed by atoms with E-state index in [2.05, 4.69) is 15.0 Å². The first-order valence-corrected chi connectivity index (χ1v) is 6.75. The second-order valence-corrected chi connectivity index (χ2v) is 5.32. The molecule has 7 nitrogen and oxygen atoms in total. The van der Waals surface area contributed by atoms with Gasteiger partial charge in [-0.1, -0.05) is 0 Å². The molecule has 0 amide bonds. The van der Waals surface area contributed by atoms with E-state index in [1.165, 1.54) is 0 Å². The maximum Gasteiger partial charge on any atom is 0.306 e. The molecule has 2 aromatic heterocycles. The Kier molecular flexibility index (Phi) is 3.04. The van der Waals surface area contributed by atoms with Gasteiger partial charge in [0.2, 0.25) is 0 Å². The molecule has 0 saturated heterocycles. The monoisotopic (exact) mass is 275 g/mol. The molecule has 106 valence electrons. The molecule has 0 aromatic carbocycles. The Morgan fingerprint density at radius 1 is 1.35 bits per heavy atom. The SMILES string of the molecule is Cc1nc(N)c2ncn([C@H]3CC[C@@H](C(=O)O)CC3)c2n1. The van der Waals surface area contributed by atoms with Crippen molar-refractivity contribution in [2.45, 2.75) is 38.6 Å². The molecule has 0 unspecified atom stereocenters. The number of carbonyl (C=O) groups is 1. The summed E-state index contributed by atoms with van der Waals surface area (Å²) in [4.78, 5) is 23.8. The van der Waals surface area contributed by atoms with Crippen LogP contribution in [0.2, 0.25) is 0 Å². The number of hydrogen-bond donors (Lipinski definition) is 2. The minimum Gasteiger partial charge on any atom is -0.481 e. The zero-order valence-electron chi connectivity index (χ0n) is 11.3.